The predicted octanol–water partition coefficient (Wildman–Crippen LogP) is 13.6. The molecule has 50 heavy (non-hydrogen) atoms. The first-order valence-corrected chi connectivity index (χ1v) is 21.8. The van der Waals surface area contributed by atoms with Gasteiger partial charge in [0, 0.05) is 6.42 Å². The molecule has 0 aliphatic heterocycles. The maximum Gasteiger partial charge on any atom is 0.220 e. The van der Waals surface area contributed by atoms with Crippen LogP contribution < -0.4 is 5.32 Å². The van der Waals surface area contributed by atoms with E-state index in [2.05, 4.69) is 67.8 Å². The highest BCUT2D eigenvalue weighted by atomic mass is 16.3. The van der Waals surface area contributed by atoms with Gasteiger partial charge in [-0.1, -0.05) is 210 Å². The Morgan fingerprint density at radius 3 is 1.32 bits per heavy atom. The molecular formula is C46H85NO3. The van der Waals surface area contributed by atoms with Crippen molar-refractivity contribution in [3.05, 3.63) is 48.6 Å². The molecule has 0 saturated carbocycles. The Labute approximate surface area is 312 Å². The Kier molecular flexibility index (Phi) is 40.4. The molecule has 0 rings (SSSR count). The molecule has 3 N–H and O–H groups in total. The molecule has 4 heteroatoms. The topological polar surface area (TPSA) is 69.6 Å². The Morgan fingerprint density at radius 2 is 0.880 bits per heavy atom. The van der Waals surface area contributed by atoms with Gasteiger partial charge in [-0.25, -0.2) is 0 Å². The highest BCUT2D eigenvalue weighted by Crippen LogP contribution is 2.16. The van der Waals surface area contributed by atoms with Crippen molar-refractivity contribution >= 4 is 5.91 Å². The number of hydrogen-bond donors (Lipinski definition) is 3. The summed E-state index contributed by atoms with van der Waals surface area (Å²) in [6.07, 6.45) is 56.1. The quantitative estimate of drug-likeness (QED) is 0.0442. The van der Waals surface area contributed by atoms with E-state index in [0.717, 1.165) is 64.2 Å². The van der Waals surface area contributed by atoms with Crippen molar-refractivity contribution in [3.63, 3.8) is 0 Å². The van der Waals surface area contributed by atoms with Gasteiger partial charge in [0.1, 0.15) is 0 Å². The molecule has 0 aliphatic rings. The van der Waals surface area contributed by atoms with Crippen molar-refractivity contribution < 1.29 is 15.0 Å². The van der Waals surface area contributed by atoms with Crippen LogP contribution in [0.3, 0.4) is 0 Å². The van der Waals surface area contributed by atoms with Crippen molar-refractivity contribution in [1.29, 1.82) is 0 Å². The molecule has 0 radical (unpaired) electrons. The lowest BCUT2D eigenvalue weighted by atomic mass is 10.0. The van der Waals surface area contributed by atoms with Gasteiger partial charge < -0.3 is 15.5 Å². The summed E-state index contributed by atoms with van der Waals surface area (Å²) in [5.41, 5.74) is 0. The number of unbranched alkanes of at least 4 members (excludes halogenated alkanes) is 24. The van der Waals surface area contributed by atoms with E-state index in [-0.39, 0.29) is 12.5 Å². The summed E-state index contributed by atoms with van der Waals surface area (Å²) in [7, 11) is 0. The molecule has 1 amide bonds. The molecule has 0 aromatic heterocycles. The summed E-state index contributed by atoms with van der Waals surface area (Å²) >= 11 is 0. The van der Waals surface area contributed by atoms with Gasteiger partial charge in [-0.3, -0.25) is 4.79 Å². The van der Waals surface area contributed by atoms with Gasteiger partial charge in [-0.2, -0.15) is 0 Å². The van der Waals surface area contributed by atoms with Crippen molar-refractivity contribution in [2.45, 2.75) is 231 Å². The molecule has 0 saturated heterocycles. The van der Waals surface area contributed by atoms with Crippen LogP contribution in [0, 0.1) is 0 Å². The normalized spacial score (nSPS) is 13.4. The average Bonchev–Trinajstić information content (AvgIpc) is 3.12. The Balaban J connectivity index is 3.56. The van der Waals surface area contributed by atoms with Crippen LogP contribution in [-0.2, 0) is 4.79 Å². The summed E-state index contributed by atoms with van der Waals surface area (Å²) in [5, 5.41) is 23.2. The van der Waals surface area contributed by atoms with E-state index in [1.807, 2.05) is 0 Å². The Morgan fingerprint density at radius 1 is 0.500 bits per heavy atom. The molecule has 2 unspecified atom stereocenters. The number of nitrogens with one attached hydrogen (secondary N) is 1. The maximum absolute atomic E-state index is 12.4. The SMILES string of the molecule is CC/C=C\C/C=C\C/C=C\C/C=C\CCCCCCCCC(=O)NC(CO)C(O)CCCCCCCCCCCCCCCCCCCCC. The minimum absolute atomic E-state index is 0.0457. The van der Waals surface area contributed by atoms with Crippen LogP contribution in [0.1, 0.15) is 219 Å². The molecule has 4 nitrogen and oxygen atoms in total. The number of rotatable bonds is 39. The fourth-order valence-corrected chi connectivity index (χ4v) is 6.53. The molecule has 292 valence electrons. The van der Waals surface area contributed by atoms with E-state index in [1.54, 1.807) is 0 Å². The number of aliphatic hydroxyl groups excluding tert-OH is 2. The summed E-state index contributed by atoms with van der Waals surface area (Å²) < 4.78 is 0. The molecular weight excluding hydrogens is 615 g/mol. The number of allylic oxidation sites excluding steroid dienone is 8. The lowest BCUT2D eigenvalue weighted by molar-refractivity contribution is -0.123. The van der Waals surface area contributed by atoms with Gasteiger partial charge in [-0.15, -0.1) is 0 Å². The van der Waals surface area contributed by atoms with E-state index < -0.39 is 12.1 Å². The zero-order chi connectivity index (χ0) is 36.4. The summed E-state index contributed by atoms with van der Waals surface area (Å²) in [5.74, 6) is -0.0457. The number of aliphatic hydroxyl groups is 2. The summed E-state index contributed by atoms with van der Waals surface area (Å²) in [6.45, 7) is 4.24. The van der Waals surface area contributed by atoms with Crippen molar-refractivity contribution in [1.82, 2.24) is 5.32 Å². The first kappa shape index (κ1) is 48.3. The fraction of sp³-hybridized carbons (Fsp3) is 0.804. The number of carbonyl (C=O) groups is 1. The second-order valence-electron chi connectivity index (χ2n) is 14.7. The van der Waals surface area contributed by atoms with Gasteiger partial charge in [0.15, 0.2) is 0 Å². The second-order valence-corrected chi connectivity index (χ2v) is 14.7. The molecule has 0 heterocycles. The van der Waals surface area contributed by atoms with Crippen LogP contribution >= 0.6 is 0 Å². The first-order chi connectivity index (χ1) is 24.7. The molecule has 0 aliphatic carbocycles. The average molecular weight is 700 g/mol. The third-order valence-corrected chi connectivity index (χ3v) is 9.85. The van der Waals surface area contributed by atoms with E-state index in [4.69, 9.17) is 0 Å². The van der Waals surface area contributed by atoms with Crippen molar-refractivity contribution in [2.75, 3.05) is 6.61 Å². The highest BCUT2D eigenvalue weighted by Gasteiger charge is 2.19. The van der Waals surface area contributed by atoms with Gasteiger partial charge in [-0.05, 0) is 51.4 Å². The monoisotopic (exact) mass is 700 g/mol. The van der Waals surface area contributed by atoms with Crippen LogP contribution in [-0.4, -0.2) is 34.9 Å². The maximum atomic E-state index is 12.4. The number of carbonyl (C=O) groups excluding carboxylic acids is 1. The second kappa shape index (κ2) is 41.8. The van der Waals surface area contributed by atoms with E-state index in [1.165, 1.54) is 128 Å². The molecule has 0 fully saturated rings. The highest BCUT2D eigenvalue weighted by molar-refractivity contribution is 5.76. The minimum atomic E-state index is -0.667. The molecule has 0 spiro atoms. The minimum Gasteiger partial charge on any atom is -0.394 e. The molecule has 0 bridgehead atoms. The van der Waals surface area contributed by atoms with Crippen LogP contribution in [0.2, 0.25) is 0 Å². The third kappa shape index (κ3) is 37.6. The zero-order valence-electron chi connectivity index (χ0n) is 33.4. The fourth-order valence-electron chi connectivity index (χ4n) is 6.53. The molecule has 2 atom stereocenters. The van der Waals surface area contributed by atoms with Gasteiger partial charge in [0.05, 0.1) is 18.8 Å². The van der Waals surface area contributed by atoms with E-state index in [0.29, 0.717) is 12.8 Å². The smallest absolute Gasteiger partial charge is 0.220 e. The first-order valence-electron chi connectivity index (χ1n) is 21.8. The molecule has 0 aromatic carbocycles. The summed E-state index contributed by atoms with van der Waals surface area (Å²) in [6, 6.07) is -0.545. The number of amides is 1. The van der Waals surface area contributed by atoms with Crippen molar-refractivity contribution in [2.24, 2.45) is 0 Å². The van der Waals surface area contributed by atoms with Gasteiger partial charge in [0.25, 0.3) is 0 Å². The van der Waals surface area contributed by atoms with Crippen LogP contribution in [0.5, 0.6) is 0 Å². The lowest BCUT2D eigenvalue weighted by Gasteiger charge is -2.22. The van der Waals surface area contributed by atoms with Crippen molar-refractivity contribution in [3.8, 4) is 0 Å². The largest absolute Gasteiger partial charge is 0.394 e. The van der Waals surface area contributed by atoms with Gasteiger partial charge in [0.2, 0.25) is 5.91 Å². The lowest BCUT2D eigenvalue weighted by Crippen LogP contribution is -2.45. The van der Waals surface area contributed by atoms with Gasteiger partial charge >= 0.3 is 0 Å². The van der Waals surface area contributed by atoms with E-state index in [9.17, 15) is 15.0 Å². The zero-order valence-corrected chi connectivity index (χ0v) is 33.4. The van der Waals surface area contributed by atoms with Crippen LogP contribution in [0.15, 0.2) is 48.6 Å². The predicted molar refractivity (Wildman–Crippen MR) is 221 cm³/mol. The standard InChI is InChI=1S/C46H85NO3/c1-3-5-7-9-11-13-15-17-19-21-23-25-27-29-31-33-35-37-39-41-45(49)44(43-48)47-46(50)42-40-38-36-34-32-30-28-26-24-22-20-18-16-14-12-10-8-6-4-2/h6,8,12,14,18,20,24,26,44-45,48-49H,3-5,7,9-11,13,15-17,19,21-23,25,27-43H2,1-2H3,(H,47,50)/b8-6-,14-12-,20-18-,26-24-. The Bertz CT molecular complexity index is 801. The molecule has 0 aromatic rings. The summed E-state index contributed by atoms with van der Waals surface area (Å²) in [4.78, 5) is 12.4. The van der Waals surface area contributed by atoms with E-state index >= 15 is 0 Å². The van der Waals surface area contributed by atoms with Crippen LogP contribution in [0.25, 0.3) is 0 Å². The Hall–Kier alpha value is -1.65. The van der Waals surface area contributed by atoms with Crippen LogP contribution in [0.4, 0.5) is 0 Å². The number of hydrogen-bond acceptors (Lipinski definition) is 3. The third-order valence-electron chi connectivity index (χ3n) is 9.85.